The topological polar surface area (TPSA) is 29.1 Å². The van der Waals surface area contributed by atoms with Crippen molar-refractivity contribution in [3.05, 3.63) is 34.9 Å². The van der Waals surface area contributed by atoms with Gasteiger partial charge in [0.15, 0.2) is 0 Å². The zero-order valence-corrected chi connectivity index (χ0v) is 12.2. The van der Waals surface area contributed by atoms with Gasteiger partial charge in [0.25, 0.3) is 5.91 Å². The highest BCUT2D eigenvalue weighted by Gasteiger charge is 2.09. The molecule has 0 heterocycles. The van der Waals surface area contributed by atoms with Gasteiger partial charge in [-0.25, -0.2) is 0 Å². The smallest absolute Gasteiger partial charge is 0.251 e. The Balaban J connectivity index is 2.73. The third-order valence-corrected chi connectivity index (χ3v) is 3.04. The van der Waals surface area contributed by atoms with Crippen molar-refractivity contribution in [2.24, 2.45) is 5.92 Å². The lowest BCUT2D eigenvalue weighted by Gasteiger charge is -2.11. The summed E-state index contributed by atoms with van der Waals surface area (Å²) in [5.74, 6) is 1.11. The minimum absolute atomic E-state index is 0.0428. The van der Waals surface area contributed by atoms with E-state index in [1.165, 1.54) is 5.56 Å². The van der Waals surface area contributed by atoms with Crippen LogP contribution in [0, 0.1) is 12.8 Å². The highest BCUT2D eigenvalue weighted by molar-refractivity contribution is 5.94. The van der Waals surface area contributed by atoms with Gasteiger partial charge in [0.2, 0.25) is 0 Å². The summed E-state index contributed by atoms with van der Waals surface area (Å²) < 4.78 is 0. The van der Waals surface area contributed by atoms with E-state index in [1.807, 2.05) is 19.1 Å². The molecule has 100 valence electrons. The number of nitrogens with one attached hydrogen (secondary N) is 1. The molecule has 2 nitrogen and oxygen atoms in total. The van der Waals surface area contributed by atoms with Crippen molar-refractivity contribution >= 4 is 5.91 Å². The first kappa shape index (κ1) is 14.7. The first-order chi connectivity index (χ1) is 8.40. The highest BCUT2D eigenvalue weighted by atomic mass is 16.1. The fourth-order valence-corrected chi connectivity index (χ4v) is 1.85. The molecular weight excluding hydrogens is 222 g/mol. The molecule has 18 heavy (non-hydrogen) atoms. The molecule has 0 saturated carbocycles. The van der Waals surface area contributed by atoms with Gasteiger partial charge in [-0.05, 0) is 42.9 Å². The van der Waals surface area contributed by atoms with Gasteiger partial charge in [0, 0.05) is 12.1 Å². The van der Waals surface area contributed by atoms with E-state index in [2.05, 4.69) is 39.1 Å². The zero-order chi connectivity index (χ0) is 13.7. The van der Waals surface area contributed by atoms with E-state index in [9.17, 15) is 4.79 Å². The Kier molecular flexibility index (Phi) is 5.39. The lowest BCUT2D eigenvalue weighted by atomic mass is 9.98. The Morgan fingerprint density at radius 1 is 1.17 bits per heavy atom. The molecule has 1 aromatic carbocycles. The molecule has 0 saturated heterocycles. The molecule has 1 rings (SSSR count). The molecule has 0 radical (unpaired) electrons. The lowest BCUT2D eigenvalue weighted by Crippen LogP contribution is -2.25. The molecule has 0 fully saturated rings. The summed E-state index contributed by atoms with van der Waals surface area (Å²) in [6, 6.07) is 6.11. The first-order valence-electron chi connectivity index (χ1n) is 6.80. The minimum Gasteiger partial charge on any atom is -0.352 e. The second kappa shape index (κ2) is 6.58. The first-order valence-corrected chi connectivity index (χ1v) is 6.80. The molecule has 0 aliphatic heterocycles. The maximum atomic E-state index is 12.0. The number of benzene rings is 1. The number of aryl methyl sites for hydroxylation is 1. The van der Waals surface area contributed by atoms with Gasteiger partial charge in [-0.3, -0.25) is 4.79 Å². The summed E-state index contributed by atoms with van der Waals surface area (Å²) in [7, 11) is 0. The van der Waals surface area contributed by atoms with Crippen LogP contribution in [0.5, 0.6) is 0 Å². The van der Waals surface area contributed by atoms with Crippen LogP contribution in [-0.2, 0) is 0 Å². The summed E-state index contributed by atoms with van der Waals surface area (Å²) in [5.41, 5.74) is 3.15. The minimum atomic E-state index is 0.0428. The normalized spacial score (nSPS) is 11.1. The number of hydrogen-bond donors (Lipinski definition) is 1. The molecule has 0 aliphatic carbocycles. The molecule has 0 aliphatic rings. The standard InChI is InChI=1S/C16H25NO/c1-11(2)6-7-17-16(18)15-9-13(5)8-14(10-15)12(3)4/h8-12H,6-7H2,1-5H3,(H,17,18). The Morgan fingerprint density at radius 2 is 1.83 bits per heavy atom. The van der Waals surface area contributed by atoms with E-state index in [0.29, 0.717) is 11.8 Å². The van der Waals surface area contributed by atoms with Crippen molar-refractivity contribution in [2.75, 3.05) is 6.54 Å². The van der Waals surface area contributed by atoms with E-state index in [4.69, 9.17) is 0 Å². The fraction of sp³-hybridized carbons (Fsp3) is 0.562. The monoisotopic (exact) mass is 247 g/mol. The Labute approximate surface area is 111 Å². The Bertz CT molecular complexity index is 408. The second-order valence-corrected chi connectivity index (χ2v) is 5.73. The SMILES string of the molecule is Cc1cc(C(=O)NCCC(C)C)cc(C(C)C)c1. The third-order valence-electron chi connectivity index (χ3n) is 3.04. The molecule has 1 N–H and O–H groups in total. The van der Waals surface area contributed by atoms with Crippen molar-refractivity contribution in [3.63, 3.8) is 0 Å². The molecule has 0 atom stereocenters. The van der Waals surface area contributed by atoms with E-state index in [1.54, 1.807) is 0 Å². The Morgan fingerprint density at radius 3 is 2.39 bits per heavy atom. The van der Waals surface area contributed by atoms with Crippen molar-refractivity contribution in [3.8, 4) is 0 Å². The molecule has 0 bridgehead atoms. The molecular formula is C16H25NO. The van der Waals surface area contributed by atoms with Crippen molar-refractivity contribution < 1.29 is 4.79 Å². The van der Waals surface area contributed by atoms with Gasteiger partial charge in [-0.15, -0.1) is 0 Å². The fourth-order valence-electron chi connectivity index (χ4n) is 1.85. The van der Waals surface area contributed by atoms with Crippen molar-refractivity contribution in [1.29, 1.82) is 0 Å². The van der Waals surface area contributed by atoms with Crippen LogP contribution in [0.2, 0.25) is 0 Å². The summed E-state index contributed by atoms with van der Waals surface area (Å²) in [6.45, 7) is 11.4. The van der Waals surface area contributed by atoms with Gasteiger partial charge >= 0.3 is 0 Å². The van der Waals surface area contributed by atoms with Crippen molar-refractivity contribution in [1.82, 2.24) is 5.32 Å². The number of amides is 1. The maximum Gasteiger partial charge on any atom is 0.251 e. The number of carbonyl (C=O) groups excluding carboxylic acids is 1. The van der Waals surface area contributed by atoms with Crippen LogP contribution in [0.1, 0.15) is 61.5 Å². The van der Waals surface area contributed by atoms with Crippen molar-refractivity contribution in [2.45, 2.75) is 47.0 Å². The molecule has 1 amide bonds. The van der Waals surface area contributed by atoms with Crippen LogP contribution in [-0.4, -0.2) is 12.5 Å². The van der Waals surface area contributed by atoms with E-state index in [-0.39, 0.29) is 5.91 Å². The number of rotatable bonds is 5. The van der Waals surface area contributed by atoms with Crippen LogP contribution in [0.3, 0.4) is 0 Å². The molecule has 0 spiro atoms. The number of hydrogen-bond acceptors (Lipinski definition) is 1. The van der Waals surface area contributed by atoms with Crippen LogP contribution < -0.4 is 5.32 Å². The van der Waals surface area contributed by atoms with Crippen LogP contribution in [0.15, 0.2) is 18.2 Å². The molecule has 1 aromatic rings. The summed E-state index contributed by atoms with van der Waals surface area (Å²) in [4.78, 5) is 12.0. The zero-order valence-electron chi connectivity index (χ0n) is 12.2. The van der Waals surface area contributed by atoms with Gasteiger partial charge in [-0.2, -0.15) is 0 Å². The van der Waals surface area contributed by atoms with Gasteiger partial charge < -0.3 is 5.32 Å². The summed E-state index contributed by atoms with van der Waals surface area (Å²) in [6.07, 6.45) is 1.02. The average Bonchev–Trinajstić information content (AvgIpc) is 2.27. The second-order valence-electron chi connectivity index (χ2n) is 5.73. The molecule has 0 aromatic heterocycles. The third kappa shape index (κ3) is 4.52. The van der Waals surface area contributed by atoms with Crippen LogP contribution >= 0.6 is 0 Å². The molecule has 0 unspecified atom stereocenters. The van der Waals surface area contributed by atoms with Crippen LogP contribution in [0.4, 0.5) is 0 Å². The van der Waals surface area contributed by atoms with Gasteiger partial charge in [0.1, 0.15) is 0 Å². The van der Waals surface area contributed by atoms with Crippen LogP contribution in [0.25, 0.3) is 0 Å². The van der Waals surface area contributed by atoms with E-state index in [0.717, 1.165) is 24.1 Å². The lowest BCUT2D eigenvalue weighted by molar-refractivity contribution is 0.0952. The van der Waals surface area contributed by atoms with E-state index >= 15 is 0 Å². The summed E-state index contributed by atoms with van der Waals surface area (Å²) in [5, 5.41) is 2.98. The van der Waals surface area contributed by atoms with E-state index < -0.39 is 0 Å². The quantitative estimate of drug-likeness (QED) is 0.840. The average molecular weight is 247 g/mol. The summed E-state index contributed by atoms with van der Waals surface area (Å²) >= 11 is 0. The van der Waals surface area contributed by atoms with Gasteiger partial charge in [0.05, 0.1) is 0 Å². The predicted molar refractivity (Wildman–Crippen MR) is 77.1 cm³/mol. The Hall–Kier alpha value is -1.31. The number of carbonyl (C=O) groups is 1. The largest absolute Gasteiger partial charge is 0.352 e. The predicted octanol–water partition coefficient (Wildman–Crippen LogP) is 3.89. The molecule has 2 heteroatoms. The van der Waals surface area contributed by atoms with Gasteiger partial charge in [-0.1, -0.05) is 39.3 Å². The maximum absolute atomic E-state index is 12.0. The highest BCUT2D eigenvalue weighted by Crippen LogP contribution is 2.18.